The summed E-state index contributed by atoms with van der Waals surface area (Å²) in [5.41, 5.74) is -0.448. The Morgan fingerprint density at radius 2 is 1.68 bits per heavy atom. The van der Waals surface area contributed by atoms with Crippen molar-refractivity contribution in [2.24, 2.45) is 11.3 Å². The predicted molar refractivity (Wildman–Crippen MR) is 101 cm³/mol. The van der Waals surface area contributed by atoms with Crippen LogP contribution >= 0.6 is 0 Å². The van der Waals surface area contributed by atoms with E-state index in [0.29, 0.717) is 32.6 Å². The molecule has 28 heavy (non-hydrogen) atoms. The maximum atomic E-state index is 12.8. The number of hydrogen-bond acceptors (Lipinski definition) is 6. The third-order valence-electron chi connectivity index (χ3n) is 5.30. The topological polar surface area (TPSA) is 109 Å². The molecule has 0 aromatic carbocycles. The van der Waals surface area contributed by atoms with Crippen molar-refractivity contribution in [3.8, 4) is 0 Å². The van der Waals surface area contributed by atoms with Crippen LogP contribution in [0, 0.1) is 11.3 Å². The maximum Gasteiger partial charge on any atom is 0.280 e. The van der Waals surface area contributed by atoms with Crippen molar-refractivity contribution in [1.82, 2.24) is 20.1 Å². The van der Waals surface area contributed by atoms with E-state index in [-0.39, 0.29) is 35.2 Å². The van der Waals surface area contributed by atoms with Gasteiger partial charge in [0.05, 0.1) is 5.92 Å². The molecule has 154 valence electrons. The highest BCUT2D eigenvalue weighted by Gasteiger charge is 2.34. The van der Waals surface area contributed by atoms with E-state index in [2.05, 4.69) is 15.6 Å². The van der Waals surface area contributed by atoms with Gasteiger partial charge in [0.15, 0.2) is 0 Å². The molecule has 1 aromatic heterocycles. The number of carbonyl (C=O) groups is 3. The molecule has 3 amide bonds. The Labute approximate surface area is 164 Å². The van der Waals surface area contributed by atoms with Gasteiger partial charge < -0.3 is 15.1 Å². The minimum atomic E-state index is -0.484. The zero-order chi connectivity index (χ0) is 20.3. The van der Waals surface area contributed by atoms with Gasteiger partial charge in [-0.1, -0.05) is 20.8 Å². The molecule has 0 spiro atoms. The lowest BCUT2D eigenvalue weighted by Crippen LogP contribution is -2.47. The number of anilines is 1. The van der Waals surface area contributed by atoms with E-state index in [9.17, 15) is 14.4 Å². The fraction of sp³-hybridized carbons (Fsp3) is 0.737. The highest BCUT2D eigenvalue weighted by Crippen LogP contribution is 2.25. The van der Waals surface area contributed by atoms with Crippen molar-refractivity contribution < 1.29 is 19.0 Å². The first-order chi connectivity index (χ1) is 13.3. The van der Waals surface area contributed by atoms with Crippen LogP contribution in [-0.4, -0.2) is 64.0 Å². The Bertz CT molecular complexity index is 733. The third-order valence-corrected chi connectivity index (χ3v) is 5.30. The fourth-order valence-electron chi connectivity index (χ4n) is 3.73. The number of piperidine rings is 2. The Balaban J connectivity index is 1.64. The van der Waals surface area contributed by atoms with Crippen molar-refractivity contribution >= 4 is 23.5 Å². The normalized spacial score (nSPS) is 20.8. The van der Waals surface area contributed by atoms with Gasteiger partial charge in [-0.05, 0) is 42.4 Å². The van der Waals surface area contributed by atoms with Crippen molar-refractivity contribution in [2.75, 3.05) is 31.5 Å². The Morgan fingerprint density at radius 1 is 1.00 bits per heavy atom. The number of aromatic nitrogens is 2. The van der Waals surface area contributed by atoms with Crippen LogP contribution in [-0.2, 0) is 9.59 Å². The van der Waals surface area contributed by atoms with Crippen molar-refractivity contribution in [3.05, 3.63) is 5.69 Å². The molecule has 1 atom stereocenters. The SMILES string of the molecule is CC(C)(C)C(=O)N1CCC[C@H](C(=O)Nc2nonc2C(=O)N2CCCCC2)C1. The number of carbonyl (C=O) groups excluding carboxylic acids is 3. The highest BCUT2D eigenvalue weighted by molar-refractivity contribution is 6.01. The zero-order valence-electron chi connectivity index (χ0n) is 16.9. The van der Waals surface area contributed by atoms with Gasteiger partial charge >= 0.3 is 0 Å². The van der Waals surface area contributed by atoms with Crippen LogP contribution < -0.4 is 5.32 Å². The highest BCUT2D eigenvalue weighted by atomic mass is 16.6. The number of nitrogens with one attached hydrogen (secondary N) is 1. The molecule has 0 saturated carbocycles. The standard InChI is InChI=1S/C19H29N5O4/c1-19(2,3)18(27)24-11-7-8-13(12-24)16(25)20-15-14(21-28-22-15)17(26)23-9-5-4-6-10-23/h13H,4-12H2,1-3H3,(H,20,22,25)/t13-/m0/s1. The molecule has 0 radical (unpaired) electrons. The lowest BCUT2D eigenvalue weighted by molar-refractivity contribution is -0.142. The molecule has 9 nitrogen and oxygen atoms in total. The van der Waals surface area contributed by atoms with Gasteiger partial charge in [0.1, 0.15) is 0 Å². The molecule has 1 aromatic rings. The van der Waals surface area contributed by atoms with E-state index < -0.39 is 5.41 Å². The van der Waals surface area contributed by atoms with E-state index >= 15 is 0 Å². The average Bonchev–Trinajstić information content (AvgIpc) is 3.15. The minimum absolute atomic E-state index is 0.0358. The van der Waals surface area contributed by atoms with E-state index in [1.807, 2.05) is 20.8 Å². The van der Waals surface area contributed by atoms with Gasteiger partial charge in [-0.2, -0.15) is 0 Å². The molecule has 9 heteroatoms. The molecule has 3 rings (SSSR count). The van der Waals surface area contributed by atoms with Crippen LogP contribution in [0.3, 0.4) is 0 Å². The van der Waals surface area contributed by atoms with Gasteiger partial charge in [-0.25, -0.2) is 4.63 Å². The first-order valence-electron chi connectivity index (χ1n) is 9.99. The smallest absolute Gasteiger partial charge is 0.280 e. The molecular weight excluding hydrogens is 362 g/mol. The lowest BCUT2D eigenvalue weighted by Gasteiger charge is -2.35. The number of rotatable bonds is 3. The first kappa shape index (κ1) is 20.3. The number of likely N-dealkylation sites (tertiary alicyclic amines) is 2. The van der Waals surface area contributed by atoms with Crippen molar-refractivity contribution in [1.29, 1.82) is 0 Å². The second-order valence-electron chi connectivity index (χ2n) is 8.64. The monoisotopic (exact) mass is 391 g/mol. The molecule has 2 fully saturated rings. The Hall–Kier alpha value is -2.45. The van der Waals surface area contributed by atoms with Gasteiger partial charge in [0.2, 0.25) is 23.3 Å². The van der Waals surface area contributed by atoms with Crippen LogP contribution in [0.15, 0.2) is 4.63 Å². The summed E-state index contributed by atoms with van der Waals surface area (Å²) in [5.74, 6) is -0.803. The summed E-state index contributed by atoms with van der Waals surface area (Å²) in [4.78, 5) is 41.4. The van der Waals surface area contributed by atoms with E-state index in [1.54, 1.807) is 9.80 Å². The molecule has 2 saturated heterocycles. The van der Waals surface area contributed by atoms with E-state index in [1.165, 1.54) is 0 Å². The van der Waals surface area contributed by atoms with Crippen LogP contribution in [0.2, 0.25) is 0 Å². The maximum absolute atomic E-state index is 12.8. The number of amides is 3. The molecule has 1 N–H and O–H groups in total. The zero-order valence-corrected chi connectivity index (χ0v) is 16.9. The molecule has 0 unspecified atom stereocenters. The van der Waals surface area contributed by atoms with Crippen molar-refractivity contribution in [3.63, 3.8) is 0 Å². The van der Waals surface area contributed by atoms with Crippen LogP contribution in [0.1, 0.15) is 63.4 Å². The molecular formula is C19H29N5O4. The van der Waals surface area contributed by atoms with Gasteiger partial charge in [-0.15, -0.1) is 0 Å². The lowest BCUT2D eigenvalue weighted by atomic mass is 9.91. The van der Waals surface area contributed by atoms with Crippen LogP contribution in [0.25, 0.3) is 0 Å². The largest absolute Gasteiger partial charge is 0.341 e. The molecule has 2 aliphatic rings. The van der Waals surface area contributed by atoms with Gasteiger partial charge in [-0.3, -0.25) is 14.4 Å². The van der Waals surface area contributed by atoms with Gasteiger partial charge in [0, 0.05) is 31.6 Å². The quantitative estimate of drug-likeness (QED) is 0.843. The second-order valence-corrected chi connectivity index (χ2v) is 8.64. The molecule has 0 bridgehead atoms. The summed E-state index contributed by atoms with van der Waals surface area (Å²) < 4.78 is 4.72. The summed E-state index contributed by atoms with van der Waals surface area (Å²) in [6.07, 6.45) is 4.46. The van der Waals surface area contributed by atoms with Crippen LogP contribution in [0.5, 0.6) is 0 Å². The van der Waals surface area contributed by atoms with Crippen molar-refractivity contribution in [2.45, 2.75) is 52.9 Å². The second kappa shape index (κ2) is 8.28. The number of hydrogen-bond donors (Lipinski definition) is 1. The molecule has 3 heterocycles. The van der Waals surface area contributed by atoms with Crippen LogP contribution in [0.4, 0.5) is 5.82 Å². The third kappa shape index (κ3) is 4.51. The molecule has 0 aliphatic carbocycles. The summed E-state index contributed by atoms with van der Waals surface area (Å²) in [5, 5.41) is 10.1. The minimum Gasteiger partial charge on any atom is -0.341 e. The Kier molecular flexibility index (Phi) is 6.00. The predicted octanol–water partition coefficient (Wildman–Crippen LogP) is 1.92. The Morgan fingerprint density at radius 3 is 2.36 bits per heavy atom. The molecule has 2 aliphatic heterocycles. The summed E-state index contributed by atoms with van der Waals surface area (Å²) in [7, 11) is 0. The van der Waals surface area contributed by atoms with Gasteiger partial charge in [0.25, 0.3) is 5.91 Å². The van der Waals surface area contributed by atoms with E-state index in [0.717, 1.165) is 25.7 Å². The average molecular weight is 391 g/mol. The summed E-state index contributed by atoms with van der Waals surface area (Å²) in [6, 6.07) is 0. The first-order valence-corrected chi connectivity index (χ1v) is 9.99. The fourth-order valence-corrected chi connectivity index (χ4v) is 3.73. The summed E-state index contributed by atoms with van der Waals surface area (Å²) in [6.45, 7) is 7.99. The number of nitrogens with zero attached hydrogens (tertiary/aromatic N) is 4. The van der Waals surface area contributed by atoms with E-state index in [4.69, 9.17) is 4.63 Å². The summed E-state index contributed by atoms with van der Waals surface area (Å²) >= 11 is 0.